The lowest BCUT2D eigenvalue weighted by Crippen LogP contribution is -2.59. The molecule has 0 radical (unpaired) electrons. The van der Waals surface area contributed by atoms with Gasteiger partial charge in [0, 0.05) is 5.92 Å². The summed E-state index contributed by atoms with van der Waals surface area (Å²) >= 11 is 0. The van der Waals surface area contributed by atoms with Crippen LogP contribution in [-0.2, 0) is 5.41 Å². The standard InChI is InChI=1S/C32H31B/c1-21-18-22(2)31(23(3)19-21)33-28-16-10-8-14-25(28)30(26-15-9-11-17-29(26)33)27-20-32(27,4)24-12-6-5-7-13-24/h5-19,27,30H,20H2,1-4H3. The fourth-order valence-electron chi connectivity index (χ4n) is 6.87. The van der Waals surface area contributed by atoms with Crippen molar-refractivity contribution in [2.75, 3.05) is 0 Å². The maximum atomic E-state index is 2.47. The molecule has 1 heteroatoms. The molecule has 1 aliphatic carbocycles. The first kappa shape index (κ1) is 20.5. The summed E-state index contributed by atoms with van der Waals surface area (Å²) in [6.45, 7) is 9.56. The van der Waals surface area contributed by atoms with Crippen LogP contribution in [0, 0.1) is 26.7 Å². The third-order valence-electron chi connectivity index (χ3n) is 8.45. The van der Waals surface area contributed by atoms with Gasteiger partial charge in [-0.2, -0.15) is 0 Å². The molecule has 0 spiro atoms. The highest BCUT2D eigenvalue weighted by atomic mass is 14.6. The molecule has 2 unspecified atom stereocenters. The summed E-state index contributed by atoms with van der Waals surface area (Å²) < 4.78 is 0. The van der Waals surface area contributed by atoms with E-state index in [1.807, 2.05) is 0 Å². The van der Waals surface area contributed by atoms with E-state index < -0.39 is 0 Å². The molecule has 0 aromatic heterocycles. The van der Waals surface area contributed by atoms with E-state index in [9.17, 15) is 0 Å². The van der Waals surface area contributed by atoms with E-state index >= 15 is 0 Å². The van der Waals surface area contributed by atoms with E-state index in [2.05, 4.69) is 119 Å². The van der Waals surface area contributed by atoms with Crippen LogP contribution in [0.15, 0.2) is 91.0 Å². The Hall–Kier alpha value is -3.06. The highest BCUT2D eigenvalue weighted by molar-refractivity contribution is 6.97. The van der Waals surface area contributed by atoms with E-state index in [0.29, 0.717) is 18.5 Å². The van der Waals surface area contributed by atoms with Gasteiger partial charge in [0.05, 0.1) is 0 Å². The van der Waals surface area contributed by atoms with Crippen LogP contribution in [0.5, 0.6) is 0 Å². The zero-order valence-electron chi connectivity index (χ0n) is 20.1. The Kier molecular flexibility index (Phi) is 4.66. The molecule has 4 aromatic carbocycles. The average Bonchev–Trinajstić information content (AvgIpc) is 3.50. The average molecular weight is 426 g/mol. The normalized spacial score (nSPS) is 21.5. The fourth-order valence-corrected chi connectivity index (χ4v) is 6.87. The molecule has 1 aliphatic heterocycles. The minimum atomic E-state index is 0.245. The number of hydrogen-bond donors (Lipinski definition) is 0. The van der Waals surface area contributed by atoms with Gasteiger partial charge in [0.1, 0.15) is 0 Å². The van der Waals surface area contributed by atoms with Crippen molar-refractivity contribution < 1.29 is 0 Å². The van der Waals surface area contributed by atoms with Crippen molar-refractivity contribution in [3.63, 3.8) is 0 Å². The Morgan fingerprint density at radius 2 is 1.21 bits per heavy atom. The topological polar surface area (TPSA) is 0 Å². The first-order valence-electron chi connectivity index (χ1n) is 12.3. The first-order valence-corrected chi connectivity index (χ1v) is 12.3. The van der Waals surface area contributed by atoms with E-state index in [1.54, 1.807) is 0 Å². The number of aryl methyl sites for hydroxylation is 3. The van der Waals surface area contributed by atoms with Crippen LogP contribution in [0.4, 0.5) is 0 Å². The lowest BCUT2D eigenvalue weighted by atomic mass is 9.31. The van der Waals surface area contributed by atoms with E-state index in [0.717, 1.165) is 0 Å². The molecule has 1 fully saturated rings. The van der Waals surface area contributed by atoms with Gasteiger partial charge in [0.15, 0.2) is 0 Å². The lowest BCUT2D eigenvalue weighted by Gasteiger charge is -2.35. The minimum absolute atomic E-state index is 0.245. The van der Waals surface area contributed by atoms with E-state index in [1.165, 1.54) is 56.2 Å². The number of benzene rings is 4. The quantitative estimate of drug-likeness (QED) is 0.377. The molecular formula is C32H31B. The third-order valence-corrected chi connectivity index (χ3v) is 8.45. The maximum absolute atomic E-state index is 2.47. The van der Waals surface area contributed by atoms with Gasteiger partial charge >= 0.3 is 0 Å². The predicted octanol–water partition coefficient (Wildman–Crippen LogP) is 5.55. The molecule has 0 bridgehead atoms. The second-order valence-electron chi connectivity index (χ2n) is 10.6. The highest BCUT2D eigenvalue weighted by Gasteiger charge is 2.57. The van der Waals surface area contributed by atoms with Crippen molar-refractivity contribution in [1.82, 2.24) is 0 Å². The molecule has 33 heavy (non-hydrogen) atoms. The molecule has 0 nitrogen and oxygen atoms in total. The maximum Gasteiger partial charge on any atom is 0.242 e. The van der Waals surface area contributed by atoms with Gasteiger partial charge < -0.3 is 0 Å². The van der Waals surface area contributed by atoms with Gasteiger partial charge in [-0.25, -0.2) is 0 Å². The largest absolute Gasteiger partial charge is 0.242 e. The molecule has 6 rings (SSSR count). The lowest BCUT2D eigenvalue weighted by molar-refractivity contribution is 0.597. The summed E-state index contributed by atoms with van der Waals surface area (Å²) in [5.74, 6) is 1.08. The summed E-state index contributed by atoms with van der Waals surface area (Å²) in [7, 11) is 0. The highest BCUT2D eigenvalue weighted by Crippen LogP contribution is 2.61. The molecule has 162 valence electrons. The molecule has 2 atom stereocenters. The number of fused-ring (bicyclic) bond motifs is 2. The van der Waals surface area contributed by atoms with Crippen LogP contribution in [-0.4, -0.2) is 6.71 Å². The number of hydrogen-bond acceptors (Lipinski definition) is 0. The van der Waals surface area contributed by atoms with Crippen molar-refractivity contribution in [2.45, 2.75) is 45.4 Å². The van der Waals surface area contributed by atoms with Crippen molar-refractivity contribution in [3.05, 3.63) is 124 Å². The Labute approximate surface area is 198 Å². The van der Waals surface area contributed by atoms with Crippen LogP contribution in [0.2, 0.25) is 0 Å². The van der Waals surface area contributed by atoms with Crippen LogP contribution in [0.1, 0.15) is 52.6 Å². The van der Waals surface area contributed by atoms with Crippen molar-refractivity contribution in [2.24, 2.45) is 5.92 Å². The minimum Gasteiger partial charge on any atom is -0.0667 e. The van der Waals surface area contributed by atoms with Crippen molar-refractivity contribution in [1.29, 1.82) is 0 Å². The Balaban J connectivity index is 1.55. The molecule has 2 aliphatic rings. The summed E-state index contributed by atoms with van der Waals surface area (Å²) in [6.07, 6.45) is 1.25. The van der Waals surface area contributed by atoms with Crippen molar-refractivity contribution >= 4 is 23.1 Å². The van der Waals surface area contributed by atoms with E-state index in [-0.39, 0.29) is 5.41 Å². The van der Waals surface area contributed by atoms with Crippen LogP contribution in [0.3, 0.4) is 0 Å². The summed E-state index contributed by atoms with van der Waals surface area (Å²) in [6, 6.07) is 34.4. The van der Waals surface area contributed by atoms with Gasteiger partial charge in [-0.15, -0.1) is 0 Å². The summed E-state index contributed by atoms with van der Waals surface area (Å²) in [5.41, 5.74) is 13.4. The third kappa shape index (κ3) is 3.13. The van der Waals surface area contributed by atoms with Crippen molar-refractivity contribution in [3.8, 4) is 0 Å². The fraction of sp³-hybridized carbons (Fsp3) is 0.250. The summed E-state index contributed by atoms with van der Waals surface area (Å²) in [4.78, 5) is 0. The molecule has 0 N–H and O–H groups in total. The Morgan fingerprint density at radius 1 is 0.697 bits per heavy atom. The smallest absolute Gasteiger partial charge is 0.0667 e. The number of rotatable bonds is 3. The molecule has 1 heterocycles. The summed E-state index contributed by atoms with van der Waals surface area (Å²) in [5, 5.41) is 0. The zero-order valence-corrected chi connectivity index (χ0v) is 20.1. The van der Waals surface area contributed by atoms with Gasteiger partial charge in [-0.05, 0) is 55.2 Å². The second-order valence-corrected chi connectivity index (χ2v) is 10.6. The molecule has 4 aromatic rings. The molecule has 0 saturated heterocycles. The van der Waals surface area contributed by atoms with Crippen LogP contribution >= 0.6 is 0 Å². The Morgan fingerprint density at radius 3 is 1.79 bits per heavy atom. The van der Waals surface area contributed by atoms with Gasteiger partial charge in [-0.3, -0.25) is 0 Å². The predicted molar refractivity (Wildman–Crippen MR) is 142 cm³/mol. The SMILES string of the molecule is Cc1cc(C)c(B2c3ccccc3C(C3CC3(C)c3ccccc3)c3ccccc32)c(C)c1. The van der Waals surface area contributed by atoms with Gasteiger partial charge in [-0.1, -0.05) is 131 Å². The molecule has 1 saturated carbocycles. The molecule has 0 amide bonds. The van der Waals surface area contributed by atoms with Gasteiger partial charge in [0.2, 0.25) is 6.71 Å². The van der Waals surface area contributed by atoms with Crippen LogP contribution < -0.4 is 16.4 Å². The van der Waals surface area contributed by atoms with E-state index in [4.69, 9.17) is 0 Å². The Bertz CT molecular complexity index is 1280. The second kappa shape index (κ2) is 7.49. The zero-order chi connectivity index (χ0) is 22.7. The monoisotopic (exact) mass is 426 g/mol. The van der Waals surface area contributed by atoms with Gasteiger partial charge in [0.25, 0.3) is 0 Å². The van der Waals surface area contributed by atoms with Crippen LogP contribution in [0.25, 0.3) is 0 Å². The molecular weight excluding hydrogens is 395 g/mol. The first-order chi connectivity index (χ1) is 16.0.